The molecule has 18 heavy (non-hydrogen) atoms. The number of benzene rings is 1. The first kappa shape index (κ1) is 12.3. The Hall–Kier alpha value is -0.745. The highest BCUT2D eigenvalue weighted by Crippen LogP contribution is 2.36. The molecule has 1 aromatic rings. The highest BCUT2D eigenvalue weighted by atomic mass is 35.5. The van der Waals surface area contributed by atoms with Crippen LogP contribution in [-0.4, -0.2) is 25.9 Å². The summed E-state index contributed by atoms with van der Waals surface area (Å²) in [7, 11) is -0.445. The Kier molecular flexibility index (Phi) is 2.82. The monoisotopic (exact) mass is 267 g/mol. The fourth-order valence-electron chi connectivity index (χ4n) is 2.39. The maximum Gasteiger partial charge on any atom is 0.499 e. The van der Waals surface area contributed by atoms with Crippen molar-refractivity contribution in [3.63, 3.8) is 0 Å². The van der Waals surface area contributed by atoms with Crippen LogP contribution in [0, 0.1) is 0 Å². The Bertz CT molecular complexity index is 494. The molecule has 2 aliphatic heterocycles. The first-order valence-corrected chi connectivity index (χ1v) is 6.38. The molecule has 1 aromatic carbocycles. The van der Waals surface area contributed by atoms with Gasteiger partial charge in [0.15, 0.2) is 0 Å². The third kappa shape index (κ3) is 1.82. The van der Waals surface area contributed by atoms with Gasteiger partial charge in [0.25, 0.3) is 0 Å². The van der Waals surface area contributed by atoms with Gasteiger partial charge in [-0.05, 0) is 25.5 Å². The van der Waals surface area contributed by atoms with Gasteiger partial charge in [0.2, 0.25) is 0 Å². The smallest absolute Gasteiger partial charge is 0.489 e. The van der Waals surface area contributed by atoms with E-state index in [9.17, 15) is 0 Å². The van der Waals surface area contributed by atoms with Crippen molar-refractivity contribution in [1.29, 1.82) is 0 Å². The van der Waals surface area contributed by atoms with Crippen LogP contribution in [0.2, 0.25) is 5.02 Å². The Balaban J connectivity index is 2.13. The molecule has 0 radical (unpaired) electrons. The number of halogens is 1. The molecule has 1 atom stereocenters. The molecular weight excluding hydrogens is 252 g/mol. The molecule has 96 valence electrons. The number of ether oxygens (including phenoxy) is 1. The first-order valence-electron chi connectivity index (χ1n) is 6.00. The lowest BCUT2D eigenvalue weighted by Gasteiger charge is -2.25. The van der Waals surface area contributed by atoms with Crippen LogP contribution in [0.25, 0.3) is 0 Å². The molecule has 0 bridgehead atoms. The van der Waals surface area contributed by atoms with Gasteiger partial charge in [0, 0.05) is 12.0 Å². The van der Waals surface area contributed by atoms with Crippen molar-refractivity contribution in [2.24, 2.45) is 5.73 Å². The average molecular weight is 268 g/mol. The second-order valence-electron chi connectivity index (χ2n) is 5.24. The fourth-order valence-corrected chi connectivity index (χ4v) is 2.61. The standard InChI is InChI=1S/C12H15BClNO3/c1-12(2)6-16-11-8(14)4-3-7-9(5-15)17-13(18-12)10(7)11/h3-4,9H,5-6,15H2,1-2H3. The summed E-state index contributed by atoms with van der Waals surface area (Å²) in [5, 5.41) is 0.585. The van der Waals surface area contributed by atoms with Gasteiger partial charge >= 0.3 is 7.12 Å². The van der Waals surface area contributed by atoms with E-state index in [1.807, 2.05) is 26.0 Å². The maximum atomic E-state index is 6.20. The molecule has 0 saturated carbocycles. The summed E-state index contributed by atoms with van der Waals surface area (Å²) in [6.07, 6.45) is -0.154. The van der Waals surface area contributed by atoms with E-state index in [-0.39, 0.29) is 6.10 Å². The zero-order chi connectivity index (χ0) is 12.9. The number of hydrogen-bond acceptors (Lipinski definition) is 4. The van der Waals surface area contributed by atoms with Crippen LogP contribution in [-0.2, 0) is 9.31 Å². The van der Waals surface area contributed by atoms with E-state index in [1.54, 1.807) is 0 Å². The van der Waals surface area contributed by atoms with Crippen LogP contribution in [0.1, 0.15) is 25.5 Å². The van der Waals surface area contributed by atoms with E-state index < -0.39 is 12.7 Å². The number of hydrogen-bond donors (Lipinski definition) is 1. The predicted octanol–water partition coefficient (Wildman–Crippen LogP) is 1.25. The molecule has 4 nitrogen and oxygen atoms in total. The average Bonchev–Trinajstić information content (AvgIpc) is 2.58. The minimum absolute atomic E-state index is 0.154. The lowest BCUT2D eigenvalue weighted by Crippen LogP contribution is -2.40. The summed E-state index contributed by atoms with van der Waals surface area (Å²) in [6, 6.07) is 3.76. The van der Waals surface area contributed by atoms with Crippen molar-refractivity contribution in [3.05, 3.63) is 22.7 Å². The predicted molar refractivity (Wildman–Crippen MR) is 70.4 cm³/mol. The molecule has 2 aliphatic rings. The third-order valence-corrected chi connectivity index (χ3v) is 3.55. The van der Waals surface area contributed by atoms with Gasteiger partial charge in [0.1, 0.15) is 12.4 Å². The quantitative estimate of drug-likeness (QED) is 0.778. The summed E-state index contributed by atoms with van der Waals surface area (Å²) in [4.78, 5) is 0. The third-order valence-electron chi connectivity index (χ3n) is 3.26. The number of rotatable bonds is 1. The zero-order valence-electron chi connectivity index (χ0n) is 10.4. The molecule has 0 aliphatic carbocycles. The van der Waals surface area contributed by atoms with Crippen molar-refractivity contribution in [2.75, 3.05) is 13.2 Å². The lowest BCUT2D eigenvalue weighted by molar-refractivity contribution is 0.0282. The Morgan fingerprint density at radius 1 is 1.50 bits per heavy atom. The van der Waals surface area contributed by atoms with Crippen molar-refractivity contribution >= 4 is 24.2 Å². The minimum Gasteiger partial charge on any atom is -0.489 e. The van der Waals surface area contributed by atoms with Gasteiger partial charge < -0.3 is 19.8 Å². The lowest BCUT2D eigenvalue weighted by atomic mass is 9.77. The van der Waals surface area contributed by atoms with Crippen LogP contribution in [0.3, 0.4) is 0 Å². The van der Waals surface area contributed by atoms with E-state index in [2.05, 4.69) is 0 Å². The molecule has 0 fully saturated rings. The second kappa shape index (κ2) is 4.13. The molecule has 2 N–H and O–H groups in total. The fraction of sp³-hybridized carbons (Fsp3) is 0.500. The largest absolute Gasteiger partial charge is 0.499 e. The van der Waals surface area contributed by atoms with Gasteiger partial charge in [-0.3, -0.25) is 0 Å². The Morgan fingerprint density at radius 2 is 2.28 bits per heavy atom. The van der Waals surface area contributed by atoms with Gasteiger partial charge in [-0.15, -0.1) is 0 Å². The zero-order valence-corrected chi connectivity index (χ0v) is 11.2. The number of nitrogens with two attached hydrogens (primary N) is 1. The van der Waals surface area contributed by atoms with E-state index in [0.29, 0.717) is 23.9 Å². The molecule has 0 spiro atoms. The Labute approximate surface area is 111 Å². The Morgan fingerprint density at radius 3 is 3.00 bits per heavy atom. The molecule has 1 unspecified atom stereocenters. The van der Waals surface area contributed by atoms with Crippen LogP contribution in [0.5, 0.6) is 5.75 Å². The van der Waals surface area contributed by atoms with E-state index >= 15 is 0 Å². The second-order valence-corrected chi connectivity index (χ2v) is 5.65. The summed E-state index contributed by atoms with van der Waals surface area (Å²) < 4.78 is 17.6. The van der Waals surface area contributed by atoms with Crippen molar-refractivity contribution in [2.45, 2.75) is 25.6 Å². The summed E-state index contributed by atoms with van der Waals surface area (Å²) >= 11 is 6.20. The normalized spacial score (nSPS) is 24.4. The van der Waals surface area contributed by atoms with Gasteiger partial charge in [-0.25, -0.2) is 0 Å². The molecule has 0 saturated heterocycles. The van der Waals surface area contributed by atoms with Gasteiger partial charge in [-0.2, -0.15) is 0 Å². The van der Waals surface area contributed by atoms with E-state index in [1.165, 1.54) is 0 Å². The highest BCUT2D eigenvalue weighted by Gasteiger charge is 2.45. The molecule has 6 heteroatoms. The molecule has 0 amide bonds. The van der Waals surface area contributed by atoms with E-state index in [4.69, 9.17) is 31.4 Å². The van der Waals surface area contributed by atoms with Crippen LogP contribution >= 0.6 is 11.6 Å². The molecular formula is C12H15BClNO3. The topological polar surface area (TPSA) is 53.7 Å². The molecule has 2 heterocycles. The summed E-state index contributed by atoms with van der Waals surface area (Å²) in [6.45, 7) is 4.78. The minimum atomic E-state index is -0.445. The van der Waals surface area contributed by atoms with E-state index in [0.717, 1.165) is 11.0 Å². The summed E-state index contributed by atoms with van der Waals surface area (Å²) in [5.41, 5.74) is 7.21. The summed E-state index contributed by atoms with van der Waals surface area (Å²) in [5.74, 6) is 0.667. The van der Waals surface area contributed by atoms with Crippen LogP contribution in [0.15, 0.2) is 12.1 Å². The SMILES string of the molecule is CC1(C)COc2c(Cl)ccc3c2B(OC3CN)O1. The van der Waals surface area contributed by atoms with Gasteiger partial charge in [-0.1, -0.05) is 17.7 Å². The van der Waals surface area contributed by atoms with Crippen molar-refractivity contribution < 1.29 is 14.0 Å². The molecule has 3 rings (SSSR count). The van der Waals surface area contributed by atoms with Crippen molar-refractivity contribution in [1.82, 2.24) is 0 Å². The van der Waals surface area contributed by atoms with Crippen LogP contribution < -0.4 is 15.9 Å². The maximum absolute atomic E-state index is 6.20. The first-order chi connectivity index (χ1) is 8.52. The van der Waals surface area contributed by atoms with Crippen LogP contribution in [0.4, 0.5) is 0 Å². The van der Waals surface area contributed by atoms with Crippen molar-refractivity contribution in [3.8, 4) is 5.75 Å². The van der Waals surface area contributed by atoms with Gasteiger partial charge in [0.05, 0.1) is 16.7 Å². The molecule has 0 aromatic heterocycles. The highest BCUT2D eigenvalue weighted by molar-refractivity contribution is 6.65.